The van der Waals surface area contributed by atoms with Crippen LogP contribution >= 0.6 is 11.6 Å². The van der Waals surface area contributed by atoms with Gasteiger partial charge in [0, 0.05) is 30.5 Å². The Labute approximate surface area is 177 Å². The molecule has 0 atom stereocenters. The number of rotatable bonds is 6. The summed E-state index contributed by atoms with van der Waals surface area (Å²) < 4.78 is 51.4. The summed E-state index contributed by atoms with van der Waals surface area (Å²) in [7, 11) is 0. The van der Waals surface area contributed by atoms with Crippen molar-refractivity contribution in [3.63, 3.8) is 0 Å². The Morgan fingerprint density at radius 3 is 2.53 bits per heavy atom. The number of halogens is 5. The summed E-state index contributed by atoms with van der Waals surface area (Å²) in [6, 6.07) is 4.34. The highest BCUT2D eigenvalue weighted by Crippen LogP contribution is 2.32. The van der Waals surface area contributed by atoms with Crippen LogP contribution in [0.15, 0.2) is 36.7 Å². The van der Waals surface area contributed by atoms with Gasteiger partial charge in [-0.1, -0.05) is 11.6 Å². The number of nitrogens with one attached hydrogen (secondary N) is 2. The Morgan fingerprint density at radius 2 is 1.87 bits per heavy atom. The highest BCUT2D eigenvalue weighted by Gasteiger charge is 2.32. The van der Waals surface area contributed by atoms with Crippen LogP contribution < -0.4 is 10.6 Å². The number of nitrogens with zero attached hydrogens (tertiary/aromatic N) is 1. The third kappa shape index (κ3) is 5.84. The summed E-state index contributed by atoms with van der Waals surface area (Å²) in [6.07, 6.45) is 1.73. The molecule has 1 fully saturated rings. The predicted octanol–water partition coefficient (Wildman–Crippen LogP) is 5.62. The van der Waals surface area contributed by atoms with Crippen molar-refractivity contribution in [3.8, 4) is 0 Å². The number of carbonyl (C=O) groups excluding carboxylic acids is 1. The van der Waals surface area contributed by atoms with Crippen LogP contribution in [0.5, 0.6) is 0 Å². The lowest BCUT2D eigenvalue weighted by atomic mass is 9.86. The van der Waals surface area contributed by atoms with Gasteiger partial charge in [-0.3, -0.25) is 9.78 Å². The highest BCUT2D eigenvalue weighted by molar-refractivity contribution is 6.33. The van der Waals surface area contributed by atoms with E-state index >= 15 is 0 Å². The fourth-order valence-electron chi connectivity index (χ4n) is 3.57. The second-order valence-corrected chi connectivity index (χ2v) is 7.89. The second-order valence-electron chi connectivity index (χ2n) is 7.48. The number of aromatic nitrogens is 1. The summed E-state index contributed by atoms with van der Waals surface area (Å²) in [6.45, 7) is 0.140. The van der Waals surface area contributed by atoms with E-state index in [1.165, 1.54) is 6.20 Å². The molecule has 1 aliphatic carbocycles. The Balaban J connectivity index is 1.50. The Hall–Kier alpha value is -2.35. The average molecular weight is 444 g/mol. The van der Waals surface area contributed by atoms with Crippen molar-refractivity contribution in [2.24, 2.45) is 5.92 Å². The van der Waals surface area contributed by atoms with E-state index in [1.807, 2.05) is 0 Å². The third-order valence-corrected chi connectivity index (χ3v) is 5.59. The van der Waals surface area contributed by atoms with Crippen molar-refractivity contribution in [1.29, 1.82) is 0 Å². The minimum atomic E-state index is -4.54. The van der Waals surface area contributed by atoms with Gasteiger partial charge in [0.15, 0.2) is 0 Å². The molecule has 0 radical (unpaired) electrons. The van der Waals surface area contributed by atoms with Crippen molar-refractivity contribution in [1.82, 2.24) is 10.3 Å². The first kappa shape index (κ1) is 22.3. The fourth-order valence-corrected chi connectivity index (χ4v) is 3.77. The first-order valence-corrected chi connectivity index (χ1v) is 10.1. The molecule has 3 rings (SSSR count). The SMILES string of the molecule is O=C(N[C@H]1CC[C@H](CNc2cncc(CF)c2)CC1)c1cc(C(F)(F)F)ccc1Cl. The van der Waals surface area contributed by atoms with Crippen molar-refractivity contribution in [2.45, 2.75) is 44.6 Å². The van der Waals surface area contributed by atoms with Crippen molar-refractivity contribution in [3.05, 3.63) is 58.4 Å². The molecule has 2 N–H and O–H groups in total. The molecule has 30 heavy (non-hydrogen) atoms. The minimum absolute atomic E-state index is 0.0116. The van der Waals surface area contributed by atoms with Gasteiger partial charge in [0.1, 0.15) is 6.67 Å². The summed E-state index contributed by atoms with van der Waals surface area (Å²) >= 11 is 5.94. The van der Waals surface area contributed by atoms with Crippen LogP contribution in [0.3, 0.4) is 0 Å². The number of hydrogen-bond acceptors (Lipinski definition) is 3. The number of hydrogen-bond donors (Lipinski definition) is 2. The topological polar surface area (TPSA) is 54.0 Å². The molecule has 0 aliphatic heterocycles. The molecule has 0 spiro atoms. The number of pyridine rings is 1. The molecule has 1 saturated carbocycles. The number of carbonyl (C=O) groups is 1. The van der Waals surface area contributed by atoms with Crippen LogP contribution in [0.2, 0.25) is 5.02 Å². The van der Waals surface area contributed by atoms with E-state index in [2.05, 4.69) is 15.6 Å². The Bertz CT molecular complexity index is 883. The first-order valence-electron chi connectivity index (χ1n) is 9.67. The maximum Gasteiger partial charge on any atom is 0.416 e. The zero-order valence-corrected chi connectivity index (χ0v) is 16.9. The van der Waals surface area contributed by atoms with Crippen LogP contribution in [0, 0.1) is 5.92 Å². The van der Waals surface area contributed by atoms with Gasteiger partial charge >= 0.3 is 6.18 Å². The normalized spacial score (nSPS) is 19.4. The second kappa shape index (κ2) is 9.64. The zero-order valence-electron chi connectivity index (χ0n) is 16.1. The summed E-state index contributed by atoms with van der Waals surface area (Å²) in [5, 5.41) is 6.05. The monoisotopic (exact) mass is 443 g/mol. The van der Waals surface area contributed by atoms with Crippen LogP contribution in [-0.4, -0.2) is 23.5 Å². The zero-order chi connectivity index (χ0) is 21.7. The van der Waals surface area contributed by atoms with Crippen molar-refractivity contribution < 1.29 is 22.4 Å². The molecule has 1 aromatic heterocycles. The molecule has 9 heteroatoms. The summed E-state index contributed by atoms with van der Waals surface area (Å²) in [5.74, 6) is -0.217. The maximum absolute atomic E-state index is 12.9. The molecule has 2 aromatic rings. The summed E-state index contributed by atoms with van der Waals surface area (Å²) in [5.41, 5.74) is 0.202. The van der Waals surface area contributed by atoms with E-state index < -0.39 is 24.3 Å². The standard InChI is InChI=1S/C21H22ClF4N3O/c22-19-6-3-15(21(24,25)26)8-18(19)20(30)29-16-4-1-13(2-5-16)11-28-17-7-14(9-23)10-27-12-17/h3,6-8,10,12-13,16,28H,1-2,4-5,9,11H2,(H,29,30)/t13-,16-. The molecule has 4 nitrogen and oxygen atoms in total. The van der Waals surface area contributed by atoms with Gasteiger partial charge in [-0.2, -0.15) is 13.2 Å². The lowest BCUT2D eigenvalue weighted by Crippen LogP contribution is -2.38. The third-order valence-electron chi connectivity index (χ3n) is 5.26. The Kier molecular flexibility index (Phi) is 7.18. The van der Waals surface area contributed by atoms with E-state index in [1.54, 1.807) is 12.3 Å². The predicted molar refractivity (Wildman–Crippen MR) is 107 cm³/mol. The number of amides is 1. The number of anilines is 1. The fraction of sp³-hybridized carbons (Fsp3) is 0.429. The lowest BCUT2D eigenvalue weighted by molar-refractivity contribution is -0.137. The van der Waals surface area contributed by atoms with E-state index in [4.69, 9.17) is 11.6 Å². The largest absolute Gasteiger partial charge is 0.416 e. The molecule has 1 amide bonds. The summed E-state index contributed by atoms with van der Waals surface area (Å²) in [4.78, 5) is 16.4. The molecule has 1 aromatic carbocycles. The van der Waals surface area contributed by atoms with Gasteiger partial charge in [0.25, 0.3) is 5.91 Å². The van der Waals surface area contributed by atoms with Gasteiger partial charge in [-0.15, -0.1) is 0 Å². The van der Waals surface area contributed by atoms with Gasteiger partial charge in [0.05, 0.1) is 21.8 Å². The molecular weight excluding hydrogens is 422 g/mol. The van der Waals surface area contributed by atoms with Gasteiger partial charge in [-0.25, -0.2) is 4.39 Å². The van der Waals surface area contributed by atoms with E-state index in [-0.39, 0.29) is 16.6 Å². The van der Waals surface area contributed by atoms with Crippen LogP contribution in [0.25, 0.3) is 0 Å². The first-order chi connectivity index (χ1) is 14.3. The highest BCUT2D eigenvalue weighted by atomic mass is 35.5. The molecule has 0 bridgehead atoms. The lowest BCUT2D eigenvalue weighted by Gasteiger charge is -2.29. The Morgan fingerprint density at radius 1 is 1.13 bits per heavy atom. The quantitative estimate of drug-likeness (QED) is 0.569. The maximum atomic E-state index is 12.9. The molecule has 0 saturated heterocycles. The molecule has 162 valence electrons. The molecular formula is C21H22ClF4N3O. The van der Waals surface area contributed by atoms with Gasteiger partial charge in [-0.05, 0) is 55.9 Å². The van der Waals surface area contributed by atoms with Crippen molar-refractivity contribution in [2.75, 3.05) is 11.9 Å². The average Bonchev–Trinajstić information content (AvgIpc) is 2.73. The molecule has 0 unspecified atom stereocenters. The smallest absolute Gasteiger partial charge is 0.384 e. The number of alkyl halides is 4. The van der Waals surface area contributed by atoms with Gasteiger partial charge in [0.2, 0.25) is 0 Å². The molecule has 1 aliphatic rings. The van der Waals surface area contributed by atoms with Crippen LogP contribution in [0.4, 0.5) is 23.2 Å². The number of benzene rings is 1. The van der Waals surface area contributed by atoms with E-state index in [9.17, 15) is 22.4 Å². The van der Waals surface area contributed by atoms with E-state index in [0.717, 1.165) is 49.6 Å². The van der Waals surface area contributed by atoms with Crippen LogP contribution in [0.1, 0.15) is 47.2 Å². The minimum Gasteiger partial charge on any atom is -0.384 e. The van der Waals surface area contributed by atoms with Crippen LogP contribution in [-0.2, 0) is 12.9 Å². The van der Waals surface area contributed by atoms with E-state index in [0.29, 0.717) is 18.0 Å². The van der Waals surface area contributed by atoms with Gasteiger partial charge < -0.3 is 10.6 Å². The molecule has 1 heterocycles. The van der Waals surface area contributed by atoms with Crippen molar-refractivity contribution >= 4 is 23.2 Å².